The molecule has 0 aromatic heterocycles. The van der Waals surface area contributed by atoms with E-state index in [1.807, 2.05) is 13.8 Å². The van der Waals surface area contributed by atoms with Crippen LogP contribution in [-0.4, -0.2) is 5.78 Å². The van der Waals surface area contributed by atoms with Crippen LogP contribution in [0.4, 0.5) is 0 Å². The Hall–Kier alpha value is -0.590. The fourth-order valence-electron chi connectivity index (χ4n) is 1.99. The summed E-state index contributed by atoms with van der Waals surface area (Å²) in [6.07, 6.45) is 11.9. The molecule has 0 aliphatic heterocycles. The maximum atomic E-state index is 11.3. The SMILES string of the molecule is CC(C)C(=O)/C=C/CC1CCCCC1. The van der Waals surface area contributed by atoms with Gasteiger partial charge in [0.2, 0.25) is 0 Å². The summed E-state index contributed by atoms with van der Waals surface area (Å²) in [6.45, 7) is 3.90. The molecule has 0 spiro atoms. The van der Waals surface area contributed by atoms with Gasteiger partial charge in [0.05, 0.1) is 0 Å². The molecule has 0 saturated heterocycles. The van der Waals surface area contributed by atoms with Crippen molar-refractivity contribution in [1.82, 2.24) is 0 Å². The summed E-state index contributed by atoms with van der Waals surface area (Å²) in [7, 11) is 0. The first-order valence-corrected chi connectivity index (χ1v) is 5.90. The maximum Gasteiger partial charge on any atom is 0.157 e. The molecule has 0 aromatic carbocycles. The molecule has 0 aromatic rings. The summed E-state index contributed by atoms with van der Waals surface area (Å²) in [6, 6.07) is 0. The second-order valence-electron chi connectivity index (χ2n) is 4.70. The summed E-state index contributed by atoms with van der Waals surface area (Å²) < 4.78 is 0. The van der Waals surface area contributed by atoms with Gasteiger partial charge in [0.1, 0.15) is 0 Å². The molecule has 80 valence electrons. The molecular formula is C13H22O. The van der Waals surface area contributed by atoms with Gasteiger partial charge in [-0.25, -0.2) is 0 Å². The molecule has 0 bridgehead atoms. The number of hydrogen-bond acceptors (Lipinski definition) is 1. The van der Waals surface area contributed by atoms with Crippen molar-refractivity contribution in [2.45, 2.75) is 52.4 Å². The minimum absolute atomic E-state index is 0.151. The summed E-state index contributed by atoms with van der Waals surface area (Å²) in [5.41, 5.74) is 0. The number of carbonyl (C=O) groups is 1. The minimum atomic E-state index is 0.151. The molecule has 1 aliphatic carbocycles. The Kier molecular flexibility index (Phi) is 4.92. The smallest absolute Gasteiger partial charge is 0.157 e. The molecule has 1 aliphatic rings. The van der Waals surface area contributed by atoms with Crippen molar-refractivity contribution in [2.24, 2.45) is 11.8 Å². The Morgan fingerprint density at radius 2 is 1.93 bits per heavy atom. The zero-order valence-electron chi connectivity index (χ0n) is 9.46. The normalized spacial score (nSPS) is 19.4. The Morgan fingerprint density at radius 1 is 1.29 bits per heavy atom. The zero-order chi connectivity index (χ0) is 10.4. The lowest BCUT2D eigenvalue weighted by Gasteiger charge is -2.19. The van der Waals surface area contributed by atoms with Gasteiger partial charge >= 0.3 is 0 Å². The van der Waals surface area contributed by atoms with Crippen molar-refractivity contribution in [3.8, 4) is 0 Å². The largest absolute Gasteiger partial charge is 0.295 e. The van der Waals surface area contributed by atoms with Gasteiger partial charge in [-0.1, -0.05) is 52.0 Å². The van der Waals surface area contributed by atoms with Gasteiger partial charge in [0.25, 0.3) is 0 Å². The first-order chi connectivity index (χ1) is 6.70. The molecule has 1 nitrogen and oxygen atoms in total. The van der Waals surface area contributed by atoms with E-state index in [1.165, 1.54) is 32.1 Å². The highest BCUT2D eigenvalue weighted by molar-refractivity contribution is 5.91. The highest BCUT2D eigenvalue weighted by Crippen LogP contribution is 2.26. The minimum Gasteiger partial charge on any atom is -0.295 e. The summed E-state index contributed by atoms with van der Waals surface area (Å²) >= 11 is 0. The first kappa shape index (κ1) is 11.5. The van der Waals surface area contributed by atoms with Gasteiger partial charge in [-0.15, -0.1) is 0 Å². The number of allylic oxidation sites excluding steroid dienone is 2. The standard InChI is InChI=1S/C13H22O/c1-11(2)13(14)10-6-9-12-7-4-3-5-8-12/h6,10-12H,3-5,7-9H2,1-2H3/b10-6+. The van der Waals surface area contributed by atoms with Crippen LogP contribution in [-0.2, 0) is 4.79 Å². The molecule has 1 fully saturated rings. The average molecular weight is 194 g/mol. The van der Waals surface area contributed by atoms with Gasteiger partial charge in [0, 0.05) is 5.92 Å². The third kappa shape index (κ3) is 4.08. The molecule has 0 atom stereocenters. The van der Waals surface area contributed by atoms with Gasteiger partial charge in [0.15, 0.2) is 5.78 Å². The number of ketones is 1. The van der Waals surface area contributed by atoms with Crippen molar-refractivity contribution in [3.05, 3.63) is 12.2 Å². The molecule has 1 rings (SSSR count). The predicted molar refractivity (Wildman–Crippen MR) is 60.2 cm³/mol. The van der Waals surface area contributed by atoms with E-state index in [9.17, 15) is 4.79 Å². The molecule has 0 N–H and O–H groups in total. The molecule has 14 heavy (non-hydrogen) atoms. The quantitative estimate of drug-likeness (QED) is 0.623. The van der Waals surface area contributed by atoms with Gasteiger partial charge in [-0.3, -0.25) is 4.79 Å². The second kappa shape index (κ2) is 6.00. The van der Waals surface area contributed by atoms with Crippen molar-refractivity contribution in [1.29, 1.82) is 0 Å². The van der Waals surface area contributed by atoms with Crippen LogP contribution in [0, 0.1) is 11.8 Å². The van der Waals surface area contributed by atoms with Crippen LogP contribution in [0.25, 0.3) is 0 Å². The molecule has 0 unspecified atom stereocenters. The summed E-state index contributed by atoms with van der Waals surface area (Å²) in [5.74, 6) is 1.26. The van der Waals surface area contributed by atoms with Crippen LogP contribution >= 0.6 is 0 Å². The van der Waals surface area contributed by atoms with Crippen LogP contribution in [0.5, 0.6) is 0 Å². The van der Waals surface area contributed by atoms with Gasteiger partial charge in [-0.2, -0.15) is 0 Å². The lowest BCUT2D eigenvalue weighted by atomic mass is 9.87. The van der Waals surface area contributed by atoms with Crippen molar-refractivity contribution in [3.63, 3.8) is 0 Å². The highest BCUT2D eigenvalue weighted by Gasteiger charge is 2.11. The van der Waals surface area contributed by atoms with E-state index in [0.717, 1.165) is 12.3 Å². The molecular weight excluding hydrogens is 172 g/mol. The number of rotatable bonds is 4. The Bertz CT molecular complexity index is 197. The van der Waals surface area contributed by atoms with Crippen LogP contribution in [0.2, 0.25) is 0 Å². The summed E-state index contributed by atoms with van der Waals surface area (Å²) in [5, 5.41) is 0. The van der Waals surface area contributed by atoms with Crippen LogP contribution in [0.1, 0.15) is 52.4 Å². The monoisotopic (exact) mass is 194 g/mol. The van der Waals surface area contributed by atoms with Crippen LogP contribution in [0.3, 0.4) is 0 Å². The van der Waals surface area contributed by atoms with Crippen molar-refractivity contribution >= 4 is 5.78 Å². The van der Waals surface area contributed by atoms with Crippen molar-refractivity contribution < 1.29 is 4.79 Å². The highest BCUT2D eigenvalue weighted by atomic mass is 16.1. The van der Waals surface area contributed by atoms with E-state index in [1.54, 1.807) is 6.08 Å². The average Bonchev–Trinajstić information content (AvgIpc) is 2.19. The Balaban J connectivity index is 2.21. The fraction of sp³-hybridized carbons (Fsp3) is 0.769. The Morgan fingerprint density at radius 3 is 2.50 bits per heavy atom. The van der Waals surface area contributed by atoms with Crippen LogP contribution < -0.4 is 0 Å². The lowest BCUT2D eigenvalue weighted by Crippen LogP contribution is -2.06. The van der Waals surface area contributed by atoms with E-state index in [0.29, 0.717) is 0 Å². The zero-order valence-corrected chi connectivity index (χ0v) is 9.46. The molecule has 0 radical (unpaired) electrons. The third-order valence-electron chi connectivity index (χ3n) is 3.05. The lowest BCUT2D eigenvalue weighted by molar-refractivity contribution is -0.117. The summed E-state index contributed by atoms with van der Waals surface area (Å²) in [4.78, 5) is 11.3. The van der Waals surface area contributed by atoms with Crippen LogP contribution in [0.15, 0.2) is 12.2 Å². The van der Waals surface area contributed by atoms with E-state index in [-0.39, 0.29) is 11.7 Å². The van der Waals surface area contributed by atoms with E-state index < -0.39 is 0 Å². The topological polar surface area (TPSA) is 17.1 Å². The number of carbonyl (C=O) groups excluding carboxylic acids is 1. The second-order valence-corrected chi connectivity index (χ2v) is 4.70. The number of hydrogen-bond donors (Lipinski definition) is 0. The molecule has 1 heteroatoms. The molecule has 0 heterocycles. The Labute approximate surface area is 87.6 Å². The third-order valence-corrected chi connectivity index (χ3v) is 3.05. The van der Waals surface area contributed by atoms with E-state index in [2.05, 4.69) is 6.08 Å². The molecule has 1 saturated carbocycles. The fourth-order valence-corrected chi connectivity index (χ4v) is 1.99. The predicted octanol–water partition coefficient (Wildman–Crippen LogP) is 3.74. The van der Waals surface area contributed by atoms with Gasteiger partial charge in [-0.05, 0) is 18.4 Å². The van der Waals surface area contributed by atoms with Gasteiger partial charge < -0.3 is 0 Å². The van der Waals surface area contributed by atoms with E-state index in [4.69, 9.17) is 0 Å². The maximum absolute atomic E-state index is 11.3. The van der Waals surface area contributed by atoms with Crippen molar-refractivity contribution in [2.75, 3.05) is 0 Å². The first-order valence-electron chi connectivity index (χ1n) is 5.90. The molecule has 0 amide bonds. The van der Waals surface area contributed by atoms with E-state index >= 15 is 0 Å².